The molecule has 2 heterocycles. The number of pyridine rings is 1. The van der Waals surface area contributed by atoms with E-state index in [1.807, 2.05) is 36.7 Å². The summed E-state index contributed by atoms with van der Waals surface area (Å²) < 4.78 is 0. The van der Waals surface area contributed by atoms with E-state index < -0.39 is 6.10 Å². The molecule has 1 unspecified atom stereocenters. The smallest absolute Gasteiger partial charge is 0.122 e. The normalized spacial score (nSPS) is 12.7. The number of aliphatic hydroxyl groups is 1. The van der Waals surface area contributed by atoms with Crippen molar-refractivity contribution < 1.29 is 5.11 Å². The summed E-state index contributed by atoms with van der Waals surface area (Å²) in [5.74, 6) is 0. The first-order valence-corrected chi connectivity index (χ1v) is 5.76. The molecule has 3 heteroatoms. The van der Waals surface area contributed by atoms with Gasteiger partial charge in [-0.05, 0) is 47.4 Å². The predicted octanol–water partition coefficient (Wildman–Crippen LogP) is 2.84. The van der Waals surface area contributed by atoms with Crippen LogP contribution in [0.5, 0.6) is 0 Å². The molecule has 0 fully saturated rings. The van der Waals surface area contributed by atoms with Crippen LogP contribution in [-0.4, -0.2) is 10.1 Å². The molecule has 15 heavy (non-hydrogen) atoms. The number of rotatable bonds is 2. The zero-order chi connectivity index (χ0) is 10.8. The highest BCUT2D eigenvalue weighted by Crippen LogP contribution is 2.24. The molecule has 0 aliphatic heterocycles. The van der Waals surface area contributed by atoms with Crippen molar-refractivity contribution in [2.45, 2.75) is 20.0 Å². The lowest BCUT2D eigenvalue weighted by Gasteiger charge is -2.11. The van der Waals surface area contributed by atoms with Gasteiger partial charge in [-0.1, -0.05) is 6.07 Å². The van der Waals surface area contributed by atoms with E-state index in [0.29, 0.717) is 0 Å². The second-order valence-electron chi connectivity index (χ2n) is 3.67. The minimum atomic E-state index is -0.600. The minimum absolute atomic E-state index is 0.600. The largest absolute Gasteiger partial charge is 0.382 e. The second-order valence-corrected chi connectivity index (χ2v) is 4.45. The fourth-order valence-corrected chi connectivity index (χ4v) is 2.28. The van der Waals surface area contributed by atoms with Crippen LogP contribution in [0, 0.1) is 13.8 Å². The molecule has 0 amide bonds. The van der Waals surface area contributed by atoms with Gasteiger partial charge in [-0.3, -0.25) is 4.98 Å². The van der Waals surface area contributed by atoms with Crippen molar-refractivity contribution >= 4 is 11.3 Å². The molecule has 0 bridgehead atoms. The van der Waals surface area contributed by atoms with Gasteiger partial charge in [0.1, 0.15) is 6.10 Å². The Bertz CT molecular complexity index is 451. The number of hydrogen-bond acceptors (Lipinski definition) is 3. The monoisotopic (exact) mass is 219 g/mol. The minimum Gasteiger partial charge on any atom is -0.382 e. The van der Waals surface area contributed by atoms with Crippen LogP contribution in [0.4, 0.5) is 0 Å². The Balaban J connectivity index is 2.38. The van der Waals surface area contributed by atoms with Gasteiger partial charge in [0.2, 0.25) is 0 Å². The van der Waals surface area contributed by atoms with Crippen molar-refractivity contribution in [2.75, 3.05) is 0 Å². The third-order valence-electron chi connectivity index (χ3n) is 2.37. The molecule has 0 saturated carbocycles. The van der Waals surface area contributed by atoms with Crippen LogP contribution in [0.3, 0.4) is 0 Å². The van der Waals surface area contributed by atoms with Crippen molar-refractivity contribution in [3.8, 4) is 0 Å². The number of aromatic nitrogens is 1. The summed E-state index contributed by atoms with van der Waals surface area (Å²) in [5.41, 5.74) is 3.82. The topological polar surface area (TPSA) is 33.1 Å². The molecular weight excluding hydrogens is 206 g/mol. The summed E-state index contributed by atoms with van der Waals surface area (Å²) >= 11 is 1.58. The molecule has 0 aliphatic rings. The Labute approximate surface area is 93.2 Å². The van der Waals surface area contributed by atoms with Crippen LogP contribution >= 0.6 is 11.3 Å². The molecule has 0 saturated heterocycles. The van der Waals surface area contributed by atoms with Gasteiger partial charge in [-0.2, -0.15) is 11.3 Å². The van der Waals surface area contributed by atoms with Crippen molar-refractivity contribution in [1.29, 1.82) is 0 Å². The van der Waals surface area contributed by atoms with Crippen molar-refractivity contribution in [3.63, 3.8) is 0 Å². The Kier molecular flexibility index (Phi) is 2.84. The van der Waals surface area contributed by atoms with E-state index >= 15 is 0 Å². The zero-order valence-corrected chi connectivity index (χ0v) is 9.58. The molecule has 0 spiro atoms. The van der Waals surface area contributed by atoms with E-state index in [4.69, 9.17) is 0 Å². The van der Waals surface area contributed by atoms with Gasteiger partial charge in [0, 0.05) is 6.20 Å². The van der Waals surface area contributed by atoms with E-state index in [1.54, 1.807) is 17.5 Å². The van der Waals surface area contributed by atoms with Gasteiger partial charge in [0.05, 0.1) is 5.69 Å². The molecule has 2 nitrogen and oxygen atoms in total. The number of hydrogen-bond donors (Lipinski definition) is 1. The van der Waals surface area contributed by atoms with E-state index in [2.05, 4.69) is 4.98 Å². The molecule has 1 atom stereocenters. The first-order valence-electron chi connectivity index (χ1n) is 4.82. The lowest BCUT2D eigenvalue weighted by molar-refractivity contribution is 0.215. The van der Waals surface area contributed by atoms with Crippen LogP contribution in [0.15, 0.2) is 29.1 Å². The average Bonchev–Trinajstić information content (AvgIpc) is 2.69. The molecule has 0 radical (unpaired) electrons. The first-order chi connectivity index (χ1) is 7.18. The maximum absolute atomic E-state index is 10.1. The lowest BCUT2D eigenvalue weighted by atomic mass is 10.0. The number of aliphatic hydroxyl groups excluding tert-OH is 1. The zero-order valence-electron chi connectivity index (χ0n) is 8.77. The highest BCUT2D eigenvalue weighted by Gasteiger charge is 2.14. The van der Waals surface area contributed by atoms with E-state index in [-0.39, 0.29) is 0 Å². The fourth-order valence-electron chi connectivity index (χ4n) is 1.60. The summed E-state index contributed by atoms with van der Waals surface area (Å²) in [6.45, 7) is 3.98. The number of aryl methyl sites for hydroxylation is 2. The summed E-state index contributed by atoms with van der Waals surface area (Å²) in [4.78, 5) is 4.29. The number of nitrogens with zero attached hydrogens (tertiary/aromatic N) is 1. The third kappa shape index (κ3) is 2.08. The maximum atomic E-state index is 10.1. The molecule has 0 aliphatic carbocycles. The van der Waals surface area contributed by atoms with Gasteiger partial charge < -0.3 is 5.11 Å². The Morgan fingerprint density at radius 2 is 2.20 bits per heavy atom. The SMILES string of the molecule is Cc1cnc(C(O)c2ccsc2)c(C)c1. The standard InChI is InChI=1S/C12H13NOS/c1-8-5-9(2)11(13-6-8)12(14)10-3-4-15-7-10/h3-7,12,14H,1-2H3. The van der Waals surface area contributed by atoms with Gasteiger partial charge in [-0.15, -0.1) is 0 Å². The van der Waals surface area contributed by atoms with E-state index in [0.717, 1.165) is 22.4 Å². The van der Waals surface area contributed by atoms with Gasteiger partial charge >= 0.3 is 0 Å². The molecular formula is C12H13NOS. The van der Waals surface area contributed by atoms with Crippen LogP contribution in [0.25, 0.3) is 0 Å². The van der Waals surface area contributed by atoms with Gasteiger partial charge in [0.15, 0.2) is 0 Å². The van der Waals surface area contributed by atoms with E-state index in [9.17, 15) is 5.11 Å². The van der Waals surface area contributed by atoms with Crippen LogP contribution in [0.1, 0.15) is 28.5 Å². The predicted molar refractivity (Wildman–Crippen MR) is 62.1 cm³/mol. The fraction of sp³-hybridized carbons (Fsp3) is 0.250. The van der Waals surface area contributed by atoms with Gasteiger partial charge in [-0.25, -0.2) is 0 Å². The second kappa shape index (κ2) is 4.13. The summed E-state index contributed by atoms with van der Waals surface area (Å²) in [6.07, 6.45) is 1.19. The Morgan fingerprint density at radius 1 is 1.40 bits per heavy atom. The Hall–Kier alpha value is -1.19. The van der Waals surface area contributed by atoms with Crippen LogP contribution in [0.2, 0.25) is 0 Å². The number of thiophene rings is 1. The van der Waals surface area contributed by atoms with E-state index in [1.165, 1.54) is 0 Å². The third-order valence-corrected chi connectivity index (χ3v) is 3.07. The molecule has 78 valence electrons. The molecule has 0 aromatic carbocycles. The highest BCUT2D eigenvalue weighted by molar-refractivity contribution is 7.07. The lowest BCUT2D eigenvalue weighted by Crippen LogP contribution is -2.03. The highest BCUT2D eigenvalue weighted by atomic mass is 32.1. The van der Waals surface area contributed by atoms with Crippen molar-refractivity contribution in [2.24, 2.45) is 0 Å². The first kappa shape index (κ1) is 10.3. The van der Waals surface area contributed by atoms with Crippen LogP contribution < -0.4 is 0 Å². The molecule has 2 rings (SSSR count). The van der Waals surface area contributed by atoms with Crippen LogP contribution in [-0.2, 0) is 0 Å². The Morgan fingerprint density at radius 3 is 2.80 bits per heavy atom. The molecule has 2 aromatic heterocycles. The quantitative estimate of drug-likeness (QED) is 0.842. The summed E-state index contributed by atoms with van der Waals surface area (Å²) in [5, 5.41) is 14.0. The average molecular weight is 219 g/mol. The van der Waals surface area contributed by atoms with Crippen molar-refractivity contribution in [3.05, 3.63) is 51.5 Å². The van der Waals surface area contributed by atoms with Crippen molar-refractivity contribution in [1.82, 2.24) is 4.98 Å². The molecule has 1 N–H and O–H groups in total. The summed E-state index contributed by atoms with van der Waals surface area (Å²) in [7, 11) is 0. The molecule has 2 aromatic rings. The summed E-state index contributed by atoms with van der Waals surface area (Å²) in [6, 6.07) is 3.97. The maximum Gasteiger partial charge on any atom is 0.122 e. The van der Waals surface area contributed by atoms with Gasteiger partial charge in [0.25, 0.3) is 0 Å².